The van der Waals surface area contributed by atoms with Crippen LogP contribution in [0.15, 0.2) is 130 Å². The van der Waals surface area contributed by atoms with Crippen LogP contribution in [0.1, 0.15) is 89.9 Å². The minimum Gasteiger partial charge on any atom is -1.00 e. The summed E-state index contributed by atoms with van der Waals surface area (Å²) in [6, 6.07) is 0. The first-order chi connectivity index (χ1) is 19.6. The van der Waals surface area contributed by atoms with Crippen molar-refractivity contribution in [2.24, 2.45) is 16.7 Å². The summed E-state index contributed by atoms with van der Waals surface area (Å²) in [7, 11) is 0. The minimum absolute atomic E-state index is 0. The van der Waals surface area contributed by atoms with Crippen molar-refractivity contribution in [3.8, 4) is 0 Å². The Labute approximate surface area is 287 Å². The SMILES string of the molecule is CC1=C[C@H](O)CC(C)(C)[C@H]1/C=C/C(C)=C/C=C/C(C)=C/C=C/C=C(C)/C=C/C=C(C)/C=C/C1=C(C)C[C@@H](O)CC1(C)C.[H-].[Na+]. The number of aliphatic hydroxyl groups is 2. The quantitative estimate of drug-likeness (QED) is 0.157. The maximum atomic E-state index is 10.1. The molecule has 3 atom stereocenters. The van der Waals surface area contributed by atoms with Crippen molar-refractivity contribution >= 4 is 0 Å². The van der Waals surface area contributed by atoms with Gasteiger partial charge in [-0.2, -0.15) is 0 Å². The van der Waals surface area contributed by atoms with Crippen molar-refractivity contribution in [3.63, 3.8) is 0 Å². The van der Waals surface area contributed by atoms with Crippen molar-refractivity contribution in [2.45, 2.75) is 101 Å². The van der Waals surface area contributed by atoms with Crippen molar-refractivity contribution in [1.29, 1.82) is 0 Å². The molecular weight excluding hydrogens is 535 g/mol. The summed E-state index contributed by atoms with van der Waals surface area (Å²) >= 11 is 0. The fraction of sp³-hybridized carbons (Fsp3) is 0.450. The maximum Gasteiger partial charge on any atom is 1.00 e. The molecule has 2 aliphatic carbocycles. The van der Waals surface area contributed by atoms with E-state index in [-0.39, 0.29) is 54.0 Å². The van der Waals surface area contributed by atoms with Gasteiger partial charge in [0.25, 0.3) is 0 Å². The largest absolute Gasteiger partial charge is 1.00 e. The van der Waals surface area contributed by atoms with Gasteiger partial charge in [0.2, 0.25) is 0 Å². The second kappa shape index (κ2) is 18.1. The molecule has 0 radical (unpaired) electrons. The summed E-state index contributed by atoms with van der Waals surface area (Å²) in [5.74, 6) is 0.348. The molecule has 0 heterocycles. The third-order valence-electron chi connectivity index (χ3n) is 8.33. The van der Waals surface area contributed by atoms with Crippen molar-refractivity contribution in [1.82, 2.24) is 0 Å². The Morgan fingerprint density at radius 2 is 1.23 bits per heavy atom. The second-order valence-electron chi connectivity index (χ2n) is 13.7. The minimum atomic E-state index is -0.331. The fourth-order valence-corrected chi connectivity index (χ4v) is 6.14. The molecule has 3 heteroatoms. The van der Waals surface area contributed by atoms with Gasteiger partial charge < -0.3 is 11.6 Å². The number of rotatable bonds is 10. The third kappa shape index (κ3) is 13.7. The van der Waals surface area contributed by atoms with Gasteiger partial charge in [0, 0.05) is 5.92 Å². The van der Waals surface area contributed by atoms with Gasteiger partial charge in [-0.1, -0.05) is 152 Å². The van der Waals surface area contributed by atoms with E-state index in [4.69, 9.17) is 0 Å². The molecule has 0 fully saturated rings. The van der Waals surface area contributed by atoms with Crippen LogP contribution in [-0.4, -0.2) is 22.4 Å². The first-order valence-electron chi connectivity index (χ1n) is 15.4. The molecule has 0 amide bonds. The first-order valence-corrected chi connectivity index (χ1v) is 15.4. The average molecular weight is 593 g/mol. The molecule has 0 spiro atoms. The van der Waals surface area contributed by atoms with Crippen LogP contribution in [0.2, 0.25) is 0 Å². The molecular formula is C40H57NaO2. The number of allylic oxidation sites excluding steroid dienone is 20. The Hall–Kier alpha value is -1.94. The van der Waals surface area contributed by atoms with Gasteiger partial charge in [0.1, 0.15) is 0 Å². The molecule has 2 nitrogen and oxygen atoms in total. The maximum absolute atomic E-state index is 10.1. The van der Waals surface area contributed by atoms with Crippen LogP contribution in [0.25, 0.3) is 0 Å². The van der Waals surface area contributed by atoms with Crippen LogP contribution >= 0.6 is 0 Å². The Morgan fingerprint density at radius 3 is 1.74 bits per heavy atom. The summed E-state index contributed by atoms with van der Waals surface area (Å²) in [6.07, 6.45) is 33.8. The van der Waals surface area contributed by atoms with E-state index >= 15 is 0 Å². The third-order valence-corrected chi connectivity index (χ3v) is 8.33. The van der Waals surface area contributed by atoms with Gasteiger partial charge in [-0.3, -0.25) is 0 Å². The predicted octanol–water partition coefficient (Wildman–Crippen LogP) is 7.52. The van der Waals surface area contributed by atoms with Crippen LogP contribution in [0.4, 0.5) is 0 Å². The van der Waals surface area contributed by atoms with E-state index in [1.165, 1.54) is 39.0 Å². The molecule has 2 N–H and O–H groups in total. The van der Waals surface area contributed by atoms with E-state index in [2.05, 4.69) is 154 Å². The van der Waals surface area contributed by atoms with Gasteiger partial charge >= 0.3 is 29.6 Å². The van der Waals surface area contributed by atoms with Gasteiger partial charge in [-0.25, -0.2) is 0 Å². The van der Waals surface area contributed by atoms with E-state index < -0.39 is 0 Å². The molecule has 0 saturated heterocycles. The van der Waals surface area contributed by atoms with Crippen LogP contribution in [0.5, 0.6) is 0 Å². The van der Waals surface area contributed by atoms with Gasteiger partial charge in [0.15, 0.2) is 0 Å². The van der Waals surface area contributed by atoms with E-state index in [0.29, 0.717) is 5.92 Å². The van der Waals surface area contributed by atoms with Crippen molar-refractivity contribution in [3.05, 3.63) is 130 Å². The Balaban J connectivity index is 0.00000924. The van der Waals surface area contributed by atoms with Gasteiger partial charge in [-0.15, -0.1) is 0 Å². The average Bonchev–Trinajstić information content (AvgIpc) is 2.84. The predicted molar refractivity (Wildman–Crippen MR) is 185 cm³/mol. The molecule has 43 heavy (non-hydrogen) atoms. The molecule has 2 rings (SSSR count). The smallest absolute Gasteiger partial charge is 1.00 e. The Morgan fingerprint density at radius 1 is 0.744 bits per heavy atom. The summed E-state index contributed by atoms with van der Waals surface area (Å²) < 4.78 is 0. The Kier molecular flexibility index (Phi) is 16.5. The number of hydrogen-bond acceptors (Lipinski definition) is 2. The van der Waals surface area contributed by atoms with E-state index in [9.17, 15) is 10.2 Å². The Bertz CT molecular complexity index is 1290. The summed E-state index contributed by atoms with van der Waals surface area (Å²) in [6.45, 7) is 21.6. The van der Waals surface area contributed by atoms with Crippen LogP contribution < -0.4 is 29.6 Å². The summed E-state index contributed by atoms with van der Waals surface area (Å²) in [5.41, 5.74) is 8.73. The van der Waals surface area contributed by atoms with Gasteiger partial charge in [0.05, 0.1) is 12.2 Å². The van der Waals surface area contributed by atoms with Crippen LogP contribution in [0.3, 0.4) is 0 Å². The zero-order valence-electron chi connectivity index (χ0n) is 29.9. The standard InChI is InChI=1S/C40H56O2.Na.H/c1-29(17-13-19-31(3)21-23-37-33(5)25-35(41)27-39(37,7)8)15-11-12-16-30(2)18-14-20-32(4)22-24-38-34(6)26-36(42)28-40(38,9)10;;/h11-25,35-37,41-42H,26-28H2,1-10H3;;/q;+1;-1/b12-11+,17-13+,18-14+,23-21+,24-22+,29-15+,30-16+,31-19+,32-20+;;/t35-,36+,37-;;/m0../s1. The topological polar surface area (TPSA) is 40.5 Å². The molecule has 0 aromatic heterocycles. The zero-order chi connectivity index (χ0) is 31.5. The van der Waals surface area contributed by atoms with Crippen molar-refractivity contribution < 1.29 is 41.2 Å². The summed E-state index contributed by atoms with van der Waals surface area (Å²) in [5, 5.41) is 20.2. The van der Waals surface area contributed by atoms with E-state index in [0.717, 1.165) is 19.3 Å². The van der Waals surface area contributed by atoms with E-state index in [1.54, 1.807) is 0 Å². The molecule has 0 aromatic carbocycles. The van der Waals surface area contributed by atoms with Crippen molar-refractivity contribution in [2.75, 3.05) is 0 Å². The molecule has 0 unspecified atom stereocenters. The second-order valence-corrected chi connectivity index (χ2v) is 13.7. The normalized spacial score (nSPS) is 26.0. The van der Waals surface area contributed by atoms with E-state index in [1.807, 2.05) is 6.08 Å². The fourth-order valence-electron chi connectivity index (χ4n) is 6.14. The molecule has 2 aliphatic rings. The monoisotopic (exact) mass is 592 g/mol. The molecule has 0 saturated carbocycles. The molecule has 230 valence electrons. The van der Waals surface area contributed by atoms with Crippen LogP contribution in [-0.2, 0) is 0 Å². The molecule has 0 bridgehead atoms. The molecule has 0 aliphatic heterocycles. The zero-order valence-corrected chi connectivity index (χ0v) is 30.9. The number of aliphatic hydroxyl groups excluding tert-OH is 2. The number of hydrogen-bond donors (Lipinski definition) is 2. The first kappa shape index (κ1) is 39.1. The molecule has 0 aromatic rings. The summed E-state index contributed by atoms with van der Waals surface area (Å²) in [4.78, 5) is 0. The van der Waals surface area contributed by atoms with Gasteiger partial charge in [-0.05, 0) is 77.2 Å². The van der Waals surface area contributed by atoms with Crippen LogP contribution in [0, 0.1) is 16.7 Å².